The Bertz CT molecular complexity index is 508. The fraction of sp³-hybridized carbons (Fsp3) is 0.200. The van der Waals surface area contributed by atoms with Gasteiger partial charge >= 0.3 is 12.2 Å². The van der Waals surface area contributed by atoms with Crippen LogP contribution >= 0.6 is 27.5 Å². The van der Waals surface area contributed by atoms with Crippen LogP contribution in [0.3, 0.4) is 0 Å². The van der Waals surface area contributed by atoms with Gasteiger partial charge in [0.1, 0.15) is 5.88 Å². The summed E-state index contributed by atoms with van der Waals surface area (Å²) in [5.74, 6) is -1.19. The molecule has 0 atom stereocenters. The Balaban J connectivity index is 2.86. The van der Waals surface area contributed by atoms with Crippen molar-refractivity contribution in [1.82, 2.24) is 5.32 Å². The summed E-state index contributed by atoms with van der Waals surface area (Å²) in [6.45, 7) is 0. The van der Waals surface area contributed by atoms with Crippen LogP contribution in [0.4, 0.5) is 23.7 Å². The van der Waals surface area contributed by atoms with E-state index in [1.807, 2.05) is 5.32 Å². The van der Waals surface area contributed by atoms with Gasteiger partial charge in [-0.1, -0.05) is 15.9 Å². The van der Waals surface area contributed by atoms with Crippen LogP contribution < -0.4 is 10.6 Å². The monoisotopic (exact) mass is 358 g/mol. The third kappa shape index (κ3) is 4.71. The third-order valence-electron chi connectivity index (χ3n) is 1.90. The number of benzene rings is 1. The van der Waals surface area contributed by atoms with Crippen molar-refractivity contribution in [3.8, 4) is 0 Å². The van der Waals surface area contributed by atoms with E-state index in [9.17, 15) is 22.8 Å². The second-order valence-electron chi connectivity index (χ2n) is 3.33. The van der Waals surface area contributed by atoms with Crippen molar-refractivity contribution in [2.75, 3.05) is 11.2 Å². The van der Waals surface area contributed by atoms with Crippen LogP contribution in [0.1, 0.15) is 5.56 Å². The Kier molecular flexibility index (Phi) is 5.19. The first-order valence-electron chi connectivity index (χ1n) is 4.77. The highest BCUT2D eigenvalue weighted by Gasteiger charge is 2.33. The second-order valence-corrected chi connectivity index (χ2v) is 4.45. The number of amides is 3. The Morgan fingerprint density at radius 2 is 1.95 bits per heavy atom. The highest BCUT2D eigenvalue weighted by molar-refractivity contribution is 9.10. The molecule has 2 N–H and O–H groups in total. The molecule has 0 heterocycles. The Morgan fingerprint density at radius 3 is 2.47 bits per heavy atom. The van der Waals surface area contributed by atoms with Crippen molar-refractivity contribution < 1.29 is 22.8 Å². The number of alkyl halides is 4. The average Bonchev–Trinajstić information content (AvgIpc) is 2.29. The first kappa shape index (κ1) is 15.8. The molecule has 1 aromatic carbocycles. The number of nitrogens with one attached hydrogen (secondary N) is 2. The minimum Gasteiger partial charge on any atom is -0.308 e. The van der Waals surface area contributed by atoms with Crippen molar-refractivity contribution in [1.29, 1.82) is 0 Å². The summed E-state index contributed by atoms with van der Waals surface area (Å²) in [4.78, 5) is 22.0. The summed E-state index contributed by atoms with van der Waals surface area (Å²) >= 11 is 7.92. The summed E-state index contributed by atoms with van der Waals surface area (Å²) in [6.07, 6.45) is -4.56. The molecule has 0 unspecified atom stereocenters. The second kappa shape index (κ2) is 6.25. The molecular formula is C10H7BrClF3N2O2. The van der Waals surface area contributed by atoms with Crippen LogP contribution in [-0.4, -0.2) is 17.8 Å². The molecule has 0 aliphatic carbocycles. The fourth-order valence-corrected chi connectivity index (χ4v) is 1.68. The van der Waals surface area contributed by atoms with E-state index in [1.165, 1.54) is 6.07 Å². The Morgan fingerprint density at radius 1 is 1.32 bits per heavy atom. The molecule has 0 spiro atoms. The van der Waals surface area contributed by atoms with Gasteiger partial charge in [-0.15, -0.1) is 11.6 Å². The van der Waals surface area contributed by atoms with E-state index in [4.69, 9.17) is 11.6 Å². The molecule has 1 rings (SSSR count). The largest absolute Gasteiger partial charge is 0.417 e. The lowest BCUT2D eigenvalue weighted by molar-refractivity contribution is -0.138. The number of carbonyl (C=O) groups excluding carboxylic acids is 2. The van der Waals surface area contributed by atoms with Crippen LogP contribution in [0.25, 0.3) is 0 Å². The summed E-state index contributed by atoms with van der Waals surface area (Å²) < 4.78 is 37.7. The quantitative estimate of drug-likeness (QED) is 0.796. The van der Waals surface area contributed by atoms with Gasteiger partial charge < -0.3 is 5.32 Å². The lowest BCUT2D eigenvalue weighted by Gasteiger charge is -2.12. The predicted octanol–water partition coefficient (Wildman–Crippen LogP) is 3.35. The van der Waals surface area contributed by atoms with Crippen molar-refractivity contribution in [2.45, 2.75) is 6.18 Å². The maximum absolute atomic E-state index is 12.6. The molecule has 3 amide bonds. The van der Waals surface area contributed by atoms with Gasteiger partial charge in [-0.05, 0) is 18.2 Å². The molecule has 9 heteroatoms. The van der Waals surface area contributed by atoms with E-state index in [1.54, 1.807) is 0 Å². The molecule has 0 fully saturated rings. The molecule has 104 valence electrons. The van der Waals surface area contributed by atoms with Gasteiger partial charge in [0.05, 0.1) is 5.56 Å². The standard InChI is InChI=1S/C10H7BrClF3N2O2/c11-7-2-1-5(3-6(7)10(13,14)15)16-9(19)17-8(18)4-12/h1-3H,4H2,(H2,16,17,18,19). The highest BCUT2D eigenvalue weighted by atomic mass is 79.9. The van der Waals surface area contributed by atoms with Crippen LogP contribution in [0.5, 0.6) is 0 Å². The molecule has 0 aliphatic rings. The van der Waals surface area contributed by atoms with Gasteiger partial charge in [-0.25, -0.2) is 4.79 Å². The average molecular weight is 360 g/mol. The molecule has 0 saturated heterocycles. The first-order chi connectivity index (χ1) is 8.74. The van der Waals surface area contributed by atoms with Gasteiger partial charge in [-0.2, -0.15) is 13.2 Å². The van der Waals surface area contributed by atoms with Gasteiger partial charge in [0.15, 0.2) is 0 Å². The summed E-state index contributed by atoms with van der Waals surface area (Å²) in [7, 11) is 0. The number of rotatable bonds is 2. The number of carbonyl (C=O) groups is 2. The molecule has 0 saturated carbocycles. The smallest absolute Gasteiger partial charge is 0.308 e. The molecule has 0 aromatic heterocycles. The van der Waals surface area contributed by atoms with E-state index in [0.29, 0.717) is 0 Å². The minimum atomic E-state index is -4.56. The predicted molar refractivity (Wildman–Crippen MR) is 67.0 cm³/mol. The van der Waals surface area contributed by atoms with Gasteiger partial charge in [-0.3, -0.25) is 10.1 Å². The van der Waals surface area contributed by atoms with Crippen LogP contribution in [0.15, 0.2) is 22.7 Å². The number of urea groups is 1. The van der Waals surface area contributed by atoms with Crippen molar-refractivity contribution in [3.63, 3.8) is 0 Å². The maximum atomic E-state index is 12.6. The van der Waals surface area contributed by atoms with Gasteiger partial charge in [0.2, 0.25) is 5.91 Å². The number of hydrogen-bond acceptors (Lipinski definition) is 2. The minimum absolute atomic E-state index is 0.101. The SMILES string of the molecule is O=C(CCl)NC(=O)Nc1ccc(Br)c(C(F)(F)F)c1. The van der Waals surface area contributed by atoms with Crippen molar-refractivity contribution in [2.24, 2.45) is 0 Å². The molecule has 0 aliphatic heterocycles. The molecular weight excluding hydrogens is 352 g/mol. The van der Waals surface area contributed by atoms with Crippen molar-refractivity contribution >= 4 is 45.2 Å². The summed E-state index contributed by atoms with van der Waals surface area (Å²) in [5.41, 5.74) is -1.04. The molecule has 0 bridgehead atoms. The van der Waals surface area contributed by atoms with Gasteiger partial charge in [0, 0.05) is 10.2 Å². The lowest BCUT2D eigenvalue weighted by atomic mass is 10.2. The highest BCUT2D eigenvalue weighted by Crippen LogP contribution is 2.36. The van der Waals surface area contributed by atoms with Crippen LogP contribution in [-0.2, 0) is 11.0 Å². The zero-order valence-corrected chi connectivity index (χ0v) is 11.5. The Labute approximate surface area is 119 Å². The number of imide groups is 1. The van der Waals surface area contributed by atoms with E-state index >= 15 is 0 Å². The zero-order chi connectivity index (χ0) is 14.6. The maximum Gasteiger partial charge on any atom is 0.417 e. The molecule has 4 nitrogen and oxygen atoms in total. The summed E-state index contributed by atoms with van der Waals surface area (Å²) in [6, 6.07) is 2.18. The molecule has 19 heavy (non-hydrogen) atoms. The van der Waals surface area contributed by atoms with E-state index in [2.05, 4.69) is 21.2 Å². The van der Waals surface area contributed by atoms with Crippen LogP contribution in [0, 0.1) is 0 Å². The number of halogens is 5. The fourth-order valence-electron chi connectivity index (χ4n) is 1.14. The topological polar surface area (TPSA) is 58.2 Å². The van der Waals surface area contributed by atoms with E-state index in [0.717, 1.165) is 12.1 Å². The number of anilines is 1. The van der Waals surface area contributed by atoms with E-state index < -0.39 is 29.6 Å². The first-order valence-corrected chi connectivity index (χ1v) is 6.10. The van der Waals surface area contributed by atoms with Crippen LogP contribution in [0.2, 0.25) is 0 Å². The summed E-state index contributed by atoms with van der Waals surface area (Å²) in [5, 5.41) is 3.93. The lowest BCUT2D eigenvalue weighted by Crippen LogP contribution is -2.35. The number of hydrogen-bond donors (Lipinski definition) is 2. The third-order valence-corrected chi connectivity index (χ3v) is 2.84. The zero-order valence-electron chi connectivity index (χ0n) is 9.15. The molecule has 1 aromatic rings. The Hall–Kier alpha value is -1.28. The van der Waals surface area contributed by atoms with Gasteiger partial charge in [0.25, 0.3) is 0 Å². The normalized spacial score (nSPS) is 11.0. The van der Waals surface area contributed by atoms with Crippen molar-refractivity contribution in [3.05, 3.63) is 28.2 Å². The molecule has 0 radical (unpaired) electrons. The van der Waals surface area contributed by atoms with E-state index in [-0.39, 0.29) is 10.2 Å².